The van der Waals surface area contributed by atoms with Crippen LogP contribution in [0.2, 0.25) is 0 Å². The molecule has 0 spiro atoms. The van der Waals surface area contributed by atoms with E-state index in [0.29, 0.717) is 25.6 Å². The quantitative estimate of drug-likeness (QED) is 0.788. The van der Waals surface area contributed by atoms with Crippen molar-refractivity contribution >= 4 is 17.6 Å². The Labute approximate surface area is 114 Å². The molecule has 1 aliphatic rings. The molecule has 0 aromatic heterocycles. The molecule has 0 aliphatic carbocycles. The molecule has 108 valence electrons. The molecular formula is C13H14F2N2O3. The van der Waals surface area contributed by atoms with E-state index < -0.39 is 34.5 Å². The Morgan fingerprint density at radius 1 is 1.35 bits per heavy atom. The van der Waals surface area contributed by atoms with E-state index >= 15 is 0 Å². The summed E-state index contributed by atoms with van der Waals surface area (Å²) in [5.41, 5.74) is -1.71. The summed E-state index contributed by atoms with van der Waals surface area (Å²) in [5.74, 6) is -4.13. The Morgan fingerprint density at radius 2 is 2.05 bits per heavy atom. The zero-order valence-corrected chi connectivity index (χ0v) is 10.8. The highest BCUT2D eigenvalue weighted by atomic mass is 19.1. The number of amides is 1. The molecule has 1 aromatic rings. The van der Waals surface area contributed by atoms with E-state index in [2.05, 4.69) is 10.6 Å². The lowest BCUT2D eigenvalue weighted by molar-refractivity contribution is -0.123. The maximum Gasteiger partial charge on any atom is 0.338 e. The molecule has 1 saturated heterocycles. The Balaban J connectivity index is 2.27. The first-order valence-corrected chi connectivity index (χ1v) is 6.08. The number of carboxylic acid groups (broad SMARTS) is 1. The van der Waals surface area contributed by atoms with Crippen LogP contribution in [0.4, 0.5) is 14.5 Å². The third-order valence-electron chi connectivity index (χ3n) is 3.45. The van der Waals surface area contributed by atoms with Gasteiger partial charge in [-0.3, -0.25) is 4.79 Å². The van der Waals surface area contributed by atoms with Gasteiger partial charge in [0, 0.05) is 12.6 Å². The number of rotatable bonds is 3. The molecule has 3 N–H and O–H groups in total. The van der Waals surface area contributed by atoms with Gasteiger partial charge in [-0.25, -0.2) is 13.6 Å². The first-order chi connectivity index (χ1) is 9.33. The largest absolute Gasteiger partial charge is 0.478 e. The molecule has 1 amide bonds. The van der Waals surface area contributed by atoms with E-state index in [0.717, 1.165) is 6.07 Å². The minimum Gasteiger partial charge on any atom is -0.478 e. The van der Waals surface area contributed by atoms with Crippen molar-refractivity contribution in [1.29, 1.82) is 0 Å². The summed E-state index contributed by atoms with van der Waals surface area (Å²) >= 11 is 0. The van der Waals surface area contributed by atoms with Gasteiger partial charge in [0.15, 0.2) is 0 Å². The SMILES string of the molecule is CC1(C(=O)Nc2cc(C(=O)O)c(F)cc2F)CCNC1. The molecule has 0 bridgehead atoms. The predicted molar refractivity (Wildman–Crippen MR) is 67.5 cm³/mol. The highest BCUT2D eigenvalue weighted by Gasteiger charge is 2.36. The van der Waals surface area contributed by atoms with Crippen LogP contribution in [0.1, 0.15) is 23.7 Å². The van der Waals surface area contributed by atoms with Crippen molar-refractivity contribution in [3.8, 4) is 0 Å². The molecule has 1 aliphatic heterocycles. The normalized spacial score (nSPS) is 21.8. The lowest BCUT2D eigenvalue weighted by Crippen LogP contribution is -2.35. The summed E-state index contributed by atoms with van der Waals surface area (Å²) in [6, 6.07) is 1.24. The maximum atomic E-state index is 13.6. The third-order valence-corrected chi connectivity index (χ3v) is 3.45. The molecule has 1 fully saturated rings. The molecule has 2 rings (SSSR count). The van der Waals surface area contributed by atoms with Crippen LogP contribution >= 0.6 is 0 Å². The summed E-state index contributed by atoms with van der Waals surface area (Å²) in [5, 5.41) is 14.1. The van der Waals surface area contributed by atoms with Gasteiger partial charge >= 0.3 is 5.97 Å². The van der Waals surface area contributed by atoms with Crippen LogP contribution in [0.15, 0.2) is 12.1 Å². The van der Waals surface area contributed by atoms with E-state index in [9.17, 15) is 18.4 Å². The first-order valence-electron chi connectivity index (χ1n) is 6.08. The Hall–Kier alpha value is -2.02. The number of anilines is 1. The van der Waals surface area contributed by atoms with Crippen LogP contribution in [0, 0.1) is 17.0 Å². The molecule has 1 unspecified atom stereocenters. The second-order valence-electron chi connectivity index (χ2n) is 5.06. The van der Waals surface area contributed by atoms with E-state index in [1.807, 2.05) is 0 Å². The topological polar surface area (TPSA) is 78.4 Å². The summed E-state index contributed by atoms with van der Waals surface area (Å²) < 4.78 is 26.9. The molecule has 1 aromatic carbocycles. The van der Waals surface area contributed by atoms with Crippen LogP contribution in [-0.4, -0.2) is 30.1 Å². The molecule has 7 heteroatoms. The summed E-state index contributed by atoms with van der Waals surface area (Å²) in [6.45, 7) is 2.85. The molecular weight excluding hydrogens is 270 g/mol. The molecule has 20 heavy (non-hydrogen) atoms. The molecule has 0 saturated carbocycles. The fraction of sp³-hybridized carbons (Fsp3) is 0.385. The standard InChI is InChI=1S/C13H14F2N2O3/c1-13(2-3-16-6-13)12(20)17-10-4-7(11(18)19)8(14)5-9(10)15/h4-5,16H,2-3,6H2,1H3,(H,17,20)(H,18,19). The van der Waals surface area contributed by atoms with E-state index in [-0.39, 0.29) is 5.69 Å². The first kappa shape index (κ1) is 14.4. The number of hydrogen-bond acceptors (Lipinski definition) is 3. The number of halogens is 2. The van der Waals surface area contributed by atoms with E-state index in [4.69, 9.17) is 5.11 Å². The molecule has 0 radical (unpaired) electrons. The van der Waals surface area contributed by atoms with Gasteiger partial charge in [0.25, 0.3) is 0 Å². The maximum absolute atomic E-state index is 13.6. The Kier molecular flexibility index (Phi) is 3.71. The predicted octanol–water partition coefficient (Wildman–Crippen LogP) is 1.60. The lowest BCUT2D eigenvalue weighted by atomic mass is 9.88. The van der Waals surface area contributed by atoms with Crippen molar-refractivity contribution in [3.63, 3.8) is 0 Å². The number of carboxylic acids is 1. The van der Waals surface area contributed by atoms with Crippen LogP contribution in [0.3, 0.4) is 0 Å². The highest BCUT2D eigenvalue weighted by Crippen LogP contribution is 2.28. The number of aromatic carboxylic acids is 1. The molecule has 1 atom stereocenters. The van der Waals surface area contributed by atoms with Crippen molar-refractivity contribution in [3.05, 3.63) is 29.3 Å². The van der Waals surface area contributed by atoms with Gasteiger partial charge in [-0.2, -0.15) is 0 Å². The van der Waals surface area contributed by atoms with Crippen molar-refractivity contribution in [2.24, 2.45) is 5.41 Å². The van der Waals surface area contributed by atoms with Crippen molar-refractivity contribution in [1.82, 2.24) is 5.32 Å². The fourth-order valence-electron chi connectivity index (χ4n) is 2.09. The second-order valence-corrected chi connectivity index (χ2v) is 5.06. The number of carbonyl (C=O) groups is 2. The second kappa shape index (κ2) is 5.16. The van der Waals surface area contributed by atoms with Gasteiger partial charge in [-0.1, -0.05) is 0 Å². The van der Waals surface area contributed by atoms with Crippen LogP contribution < -0.4 is 10.6 Å². The van der Waals surface area contributed by atoms with Gasteiger partial charge in [0.1, 0.15) is 11.6 Å². The number of nitrogens with one attached hydrogen (secondary N) is 2. The van der Waals surface area contributed by atoms with Gasteiger partial charge < -0.3 is 15.7 Å². The Bertz CT molecular complexity index is 569. The minimum absolute atomic E-state index is 0.332. The molecule has 5 nitrogen and oxygen atoms in total. The third kappa shape index (κ3) is 2.62. The van der Waals surface area contributed by atoms with Crippen LogP contribution in [0.5, 0.6) is 0 Å². The number of hydrogen-bond donors (Lipinski definition) is 3. The van der Waals surface area contributed by atoms with E-state index in [1.54, 1.807) is 6.92 Å². The summed E-state index contributed by atoms with van der Waals surface area (Å²) in [4.78, 5) is 22.9. The smallest absolute Gasteiger partial charge is 0.338 e. The Morgan fingerprint density at radius 3 is 2.60 bits per heavy atom. The van der Waals surface area contributed by atoms with Crippen molar-refractivity contribution < 1.29 is 23.5 Å². The number of benzene rings is 1. The fourth-order valence-corrected chi connectivity index (χ4v) is 2.09. The summed E-state index contributed by atoms with van der Waals surface area (Å²) in [7, 11) is 0. The van der Waals surface area contributed by atoms with E-state index in [1.165, 1.54) is 0 Å². The zero-order chi connectivity index (χ0) is 14.9. The summed E-state index contributed by atoms with van der Waals surface area (Å²) in [6.07, 6.45) is 0.591. The van der Waals surface area contributed by atoms with Gasteiger partial charge in [-0.15, -0.1) is 0 Å². The van der Waals surface area contributed by atoms with Crippen molar-refractivity contribution in [2.45, 2.75) is 13.3 Å². The van der Waals surface area contributed by atoms with Crippen LogP contribution in [0.25, 0.3) is 0 Å². The van der Waals surface area contributed by atoms with Crippen molar-refractivity contribution in [2.75, 3.05) is 18.4 Å². The van der Waals surface area contributed by atoms with Crippen LogP contribution in [-0.2, 0) is 4.79 Å². The minimum atomic E-state index is -1.52. The zero-order valence-electron chi connectivity index (χ0n) is 10.8. The lowest BCUT2D eigenvalue weighted by Gasteiger charge is -2.21. The van der Waals surface area contributed by atoms with Gasteiger partial charge in [-0.05, 0) is 26.0 Å². The monoisotopic (exact) mass is 284 g/mol. The van der Waals surface area contributed by atoms with Gasteiger partial charge in [0.2, 0.25) is 5.91 Å². The highest BCUT2D eigenvalue weighted by molar-refractivity contribution is 5.97. The number of carbonyl (C=O) groups excluding carboxylic acids is 1. The average molecular weight is 284 g/mol. The average Bonchev–Trinajstić information content (AvgIpc) is 2.80. The van der Waals surface area contributed by atoms with Gasteiger partial charge in [0.05, 0.1) is 16.7 Å². The molecule has 1 heterocycles.